The maximum absolute atomic E-state index is 4.78. The Balaban J connectivity index is 1.39. The quantitative estimate of drug-likeness (QED) is 0.490. The smallest absolute Gasteiger partial charge is 0.0634 e. The number of hydrogen-bond donors (Lipinski definition) is 2. The fraction of sp³-hybridized carbons (Fsp3) is 0.154. The third-order valence-electron chi connectivity index (χ3n) is 5.01. The first-order valence-corrected chi connectivity index (χ1v) is 10.2. The van der Waals surface area contributed by atoms with Gasteiger partial charge in [-0.25, -0.2) is 0 Å². The highest BCUT2D eigenvalue weighted by Crippen LogP contribution is 2.23. The SMILES string of the molecule is CNc1ccc(Nc2ccc(N=C3C=CC(=Nc4ccc(C)cc4)CC3)cc2)cc1. The number of anilines is 3. The van der Waals surface area contributed by atoms with Gasteiger partial charge in [-0.2, -0.15) is 0 Å². The normalized spacial score (nSPS) is 16.1. The number of hydrogen-bond acceptors (Lipinski definition) is 4. The second kappa shape index (κ2) is 9.23. The number of rotatable bonds is 5. The standard InChI is InChI=1S/C26H26N4/c1-19-3-5-21(6-4-19)28-23-11-13-25(14-12-23)30-26-17-15-24(16-18-26)29-22-9-7-20(27-2)8-10-22/h3-11,13,15-18,27,29H,12,14H2,1-2H3. The lowest BCUT2D eigenvalue weighted by atomic mass is 10.0. The second-order valence-corrected chi connectivity index (χ2v) is 7.37. The van der Waals surface area contributed by atoms with E-state index in [9.17, 15) is 0 Å². The van der Waals surface area contributed by atoms with Gasteiger partial charge in [0.1, 0.15) is 0 Å². The van der Waals surface area contributed by atoms with Gasteiger partial charge in [0, 0.05) is 35.5 Å². The van der Waals surface area contributed by atoms with Gasteiger partial charge in [0.15, 0.2) is 0 Å². The molecule has 4 heteroatoms. The summed E-state index contributed by atoms with van der Waals surface area (Å²) >= 11 is 0. The number of nitrogens with one attached hydrogen (secondary N) is 2. The molecular weight excluding hydrogens is 368 g/mol. The summed E-state index contributed by atoms with van der Waals surface area (Å²) in [6.07, 6.45) is 5.96. The van der Waals surface area contributed by atoms with E-state index in [0.29, 0.717) is 0 Å². The number of benzene rings is 3. The summed E-state index contributed by atoms with van der Waals surface area (Å²) in [4.78, 5) is 9.51. The summed E-state index contributed by atoms with van der Waals surface area (Å²) in [5.41, 5.74) is 8.60. The largest absolute Gasteiger partial charge is 0.388 e. The van der Waals surface area contributed by atoms with Gasteiger partial charge < -0.3 is 10.6 Å². The molecule has 4 nitrogen and oxygen atoms in total. The van der Waals surface area contributed by atoms with Crippen molar-refractivity contribution in [1.29, 1.82) is 0 Å². The summed E-state index contributed by atoms with van der Waals surface area (Å²) in [5, 5.41) is 6.54. The van der Waals surface area contributed by atoms with E-state index in [-0.39, 0.29) is 0 Å². The molecule has 30 heavy (non-hydrogen) atoms. The van der Waals surface area contributed by atoms with Crippen LogP contribution in [0.15, 0.2) is 94.9 Å². The molecule has 1 aliphatic rings. The van der Waals surface area contributed by atoms with Crippen LogP contribution in [-0.2, 0) is 0 Å². The molecule has 3 aromatic carbocycles. The maximum Gasteiger partial charge on any atom is 0.0634 e. The molecule has 0 fully saturated rings. The molecule has 0 saturated carbocycles. The van der Waals surface area contributed by atoms with Crippen LogP contribution in [0, 0.1) is 6.92 Å². The lowest BCUT2D eigenvalue weighted by Crippen LogP contribution is -2.06. The average Bonchev–Trinajstić information content (AvgIpc) is 2.78. The fourth-order valence-corrected chi connectivity index (χ4v) is 3.26. The van der Waals surface area contributed by atoms with Crippen molar-refractivity contribution in [2.75, 3.05) is 17.7 Å². The van der Waals surface area contributed by atoms with Crippen LogP contribution >= 0.6 is 0 Å². The van der Waals surface area contributed by atoms with E-state index in [0.717, 1.165) is 52.7 Å². The molecule has 4 rings (SSSR count). The van der Waals surface area contributed by atoms with Gasteiger partial charge in [0.25, 0.3) is 0 Å². The van der Waals surface area contributed by atoms with Crippen LogP contribution in [0.2, 0.25) is 0 Å². The topological polar surface area (TPSA) is 48.8 Å². The first-order chi connectivity index (χ1) is 14.7. The van der Waals surface area contributed by atoms with E-state index in [1.807, 2.05) is 19.2 Å². The minimum atomic E-state index is 0.902. The van der Waals surface area contributed by atoms with E-state index >= 15 is 0 Å². The van der Waals surface area contributed by atoms with Crippen molar-refractivity contribution in [2.45, 2.75) is 19.8 Å². The summed E-state index contributed by atoms with van der Waals surface area (Å²) in [6.45, 7) is 2.09. The summed E-state index contributed by atoms with van der Waals surface area (Å²) in [7, 11) is 1.92. The van der Waals surface area contributed by atoms with Gasteiger partial charge >= 0.3 is 0 Å². The predicted octanol–water partition coefficient (Wildman–Crippen LogP) is 6.98. The maximum atomic E-state index is 4.78. The van der Waals surface area contributed by atoms with Crippen molar-refractivity contribution in [3.8, 4) is 0 Å². The Kier molecular flexibility index (Phi) is 6.04. The number of nitrogens with zero attached hydrogens (tertiary/aromatic N) is 2. The van der Waals surface area contributed by atoms with Crippen molar-refractivity contribution in [2.24, 2.45) is 9.98 Å². The molecule has 0 amide bonds. The molecule has 0 atom stereocenters. The van der Waals surface area contributed by atoms with Crippen molar-refractivity contribution in [1.82, 2.24) is 0 Å². The van der Waals surface area contributed by atoms with Gasteiger partial charge in [-0.15, -0.1) is 0 Å². The van der Waals surface area contributed by atoms with Crippen LogP contribution in [-0.4, -0.2) is 18.5 Å². The lowest BCUT2D eigenvalue weighted by molar-refractivity contribution is 1.13. The molecule has 3 aromatic rings. The van der Waals surface area contributed by atoms with E-state index in [4.69, 9.17) is 9.98 Å². The zero-order valence-electron chi connectivity index (χ0n) is 17.4. The Morgan fingerprint density at radius 2 is 1.03 bits per heavy atom. The van der Waals surface area contributed by atoms with E-state index in [2.05, 4.69) is 90.4 Å². The first kappa shape index (κ1) is 19.6. The average molecular weight is 395 g/mol. The Morgan fingerprint density at radius 1 is 0.600 bits per heavy atom. The molecule has 0 heterocycles. The highest BCUT2D eigenvalue weighted by atomic mass is 14.9. The monoisotopic (exact) mass is 394 g/mol. The summed E-state index contributed by atoms with van der Waals surface area (Å²) < 4.78 is 0. The highest BCUT2D eigenvalue weighted by Gasteiger charge is 2.07. The molecule has 0 radical (unpaired) electrons. The summed E-state index contributed by atoms with van der Waals surface area (Å²) in [6, 6.07) is 24.7. The number of aryl methyl sites for hydroxylation is 1. The van der Waals surface area contributed by atoms with Crippen LogP contribution in [0.3, 0.4) is 0 Å². The van der Waals surface area contributed by atoms with Gasteiger partial charge in [-0.05, 0) is 92.6 Å². The first-order valence-electron chi connectivity index (χ1n) is 10.2. The van der Waals surface area contributed by atoms with E-state index in [1.54, 1.807) is 0 Å². The minimum Gasteiger partial charge on any atom is -0.388 e. The van der Waals surface area contributed by atoms with Crippen LogP contribution in [0.5, 0.6) is 0 Å². The second-order valence-electron chi connectivity index (χ2n) is 7.37. The summed E-state index contributed by atoms with van der Waals surface area (Å²) in [5.74, 6) is 0. The molecular formula is C26H26N4. The molecule has 0 saturated heterocycles. The molecule has 2 N–H and O–H groups in total. The van der Waals surface area contributed by atoms with Crippen LogP contribution in [0.25, 0.3) is 0 Å². The zero-order valence-corrected chi connectivity index (χ0v) is 17.4. The van der Waals surface area contributed by atoms with Crippen molar-refractivity contribution in [3.63, 3.8) is 0 Å². The van der Waals surface area contributed by atoms with Gasteiger partial charge in [-0.3, -0.25) is 9.98 Å². The third-order valence-corrected chi connectivity index (χ3v) is 5.01. The van der Waals surface area contributed by atoms with Crippen LogP contribution in [0.4, 0.5) is 28.4 Å². The van der Waals surface area contributed by atoms with E-state index in [1.165, 1.54) is 5.56 Å². The predicted molar refractivity (Wildman–Crippen MR) is 129 cm³/mol. The molecule has 0 bridgehead atoms. The van der Waals surface area contributed by atoms with Gasteiger partial charge in [0.05, 0.1) is 11.4 Å². The lowest BCUT2D eigenvalue weighted by Gasteiger charge is -2.10. The van der Waals surface area contributed by atoms with E-state index < -0.39 is 0 Å². The van der Waals surface area contributed by atoms with Crippen molar-refractivity contribution >= 4 is 39.9 Å². The Hall–Kier alpha value is -3.66. The molecule has 0 spiro atoms. The number of aliphatic imine (C=N–C) groups is 2. The Morgan fingerprint density at radius 3 is 1.50 bits per heavy atom. The Labute approximate surface area is 178 Å². The van der Waals surface area contributed by atoms with Crippen LogP contribution in [0.1, 0.15) is 18.4 Å². The third kappa shape index (κ3) is 5.23. The van der Waals surface area contributed by atoms with Crippen LogP contribution < -0.4 is 10.6 Å². The van der Waals surface area contributed by atoms with Gasteiger partial charge in [-0.1, -0.05) is 17.7 Å². The molecule has 0 aromatic heterocycles. The molecule has 0 aliphatic heterocycles. The fourth-order valence-electron chi connectivity index (χ4n) is 3.26. The van der Waals surface area contributed by atoms with Crippen molar-refractivity contribution < 1.29 is 0 Å². The van der Waals surface area contributed by atoms with Gasteiger partial charge in [0.2, 0.25) is 0 Å². The molecule has 150 valence electrons. The molecule has 0 unspecified atom stereocenters. The van der Waals surface area contributed by atoms with Crippen molar-refractivity contribution in [3.05, 3.63) is 90.5 Å². The zero-order chi connectivity index (χ0) is 20.8. The number of allylic oxidation sites excluding steroid dienone is 2. The Bertz CT molecular complexity index is 1070. The minimum absolute atomic E-state index is 0.902. The highest BCUT2D eigenvalue weighted by molar-refractivity contribution is 6.10. The molecule has 1 aliphatic carbocycles.